The second-order valence-electron chi connectivity index (χ2n) is 3.82. The topological polar surface area (TPSA) is 24.4 Å². The largest absolute Gasteiger partial charge is 0.278 e. The van der Waals surface area contributed by atoms with Crippen LogP contribution < -0.4 is 5.43 Å². The summed E-state index contributed by atoms with van der Waals surface area (Å²) in [6, 6.07) is 14.0. The number of hydrogen-bond donors (Lipinski definition) is 1. The fraction of sp³-hybridized carbons (Fsp3) is 0.0714. The van der Waals surface area contributed by atoms with E-state index in [1.54, 1.807) is 12.1 Å². The van der Waals surface area contributed by atoms with Crippen molar-refractivity contribution in [2.45, 2.75) is 6.92 Å². The van der Waals surface area contributed by atoms with Gasteiger partial charge < -0.3 is 0 Å². The molecule has 0 saturated carbocycles. The van der Waals surface area contributed by atoms with Crippen molar-refractivity contribution in [1.29, 1.82) is 0 Å². The van der Waals surface area contributed by atoms with Gasteiger partial charge in [-0.15, -0.1) is 0 Å². The maximum atomic E-state index is 12.8. The van der Waals surface area contributed by atoms with E-state index in [1.807, 2.05) is 31.2 Å². The zero-order chi connectivity index (χ0) is 13.0. The minimum Gasteiger partial charge on any atom is -0.278 e. The summed E-state index contributed by atoms with van der Waals surface area (Å²) in [5.74, 6) is -0.243. The van der Waals surface area contributed by atoms with E-state index in [0.29, 0.717) is 0 Å². The van der Waals surface area contributed by atoms with Gasteiger partial charge in [-0.1, -0.05) is 28.1 Å². The summed E-state index contributed by atoms with van der Waals surface area (Å²) >= 11 is 3.37. The second kappa shape index (κ2) is 5.78. The molecule has 0 heterocycles. The Bertz CT molecular complexity index is 547. The zero-order valence-corrected chi connectivity index (χ0v) is 11.4. The first kappa shape index (κ1) is 12.8. The third kappa shape index (κ3) is 3.40. The Labute approximate surface area is 114 Å². The summed E-state index contributed by atoms with van der Waals surface area (Å²) < 4.78 is 13.8. The monoisotopic (exact) mass is 306 g/mol. The Morgan fingerprint density at radius 1 is 1.06 bits per heavy atom. The van der Waals surface area contributed by atoms with Gasteiger partial charge in [-0.05, 0) is 48.9 Å². The molecule has 18 heavy (non-hydrogen) atoms. The molecule has 2 aromatic carbocycles. The van der Waals surface area contributed by atoms with Crippen LogP contribution in [0.1, 0.15) is 12.5 Å². The maximum absolute atomic E-state index is 12.8. The van der Waals surface area contributed by atoms with Crippen molar-refractivity contribution in [2.75, 3.05) is 5.43 Å². The molecule has 0 radical (unpaired) electrons. The summed E-state index contributed by atoms with van der Waals surface area (Å²) in [6.07, 6.45) is 0. The van der Waals surface area contributed by atoms with Gasteiger partial charge in [0.05, 0.1) is 11.4 Å². The van der Waals surface area contributed by atoms with Crippen LogP contribution in [0.25, 0.3) is 0 Å². The molecule has 0 amide bonds. The Balaban J connectivity index is 2.09. The lowest BCUT2D eigenvalue weighted by Crippen LogP contribution is -1.99. The predicted octanol–water partition coefficient (Wildman–Crippen LogP) is 4.42. The molecule has 2 rings (SSSR count). The van der Waals surface area contributed by atoms with Crippen molar-refractivity contribution in [1.82, 2.24) is 0 Å². The number of hydrazone groups is 1. The average molecular weight is 307 g/mol. The average Bonchev–Trinajstić information content (AvgIpc) is 2.38. The van der Waals surface area contributed by atoms with Gasteiger partial charge in [-0.3, -0.25) is 5.43 Å². The Hall–Kier alpha value is -1.68. The summed E-state index contributed by atoms with van der Waals surface area (Å²) in [7, 11) is 0. The highest BCUT2D eigenvalue weighted by Gasteiger charge is 1.98. The molecule has 0 aliphatic carbocycles. The molecule has 0 saturated heterocycles. The van der Waals surface area contributed by atoms with Crippen molar-refractivity contribution in [2.24, 2.45) is 5.10 Å². The Morgan fingerprint density at radius 3 is 2.28 bits per heavy atom. The minimum atomic E-state index is -0.243. The summed E-state index contributed by atoms with van der Waals surface area (Å²) in [5, 5.41) is 4.25. The van der Waals surface area contributed by atoms with E-state index >= 15 is 0 Å². The number of benzene rings is 2. The lowest BCUT2D eigenvalue weighted by atomic mass is 10.1. The normalized spacial score (nSPS) is 11.4. The van der Waals surface area contributed by atoms with Crippen molar-refractivity contribution in [3.05, 3.63) is 64.4 Å². The Morgan fingerprint density at radius 2 is 1.67 bits per heavy atom. The van der Waals surface area contributed by atoms with Crippen LogP contribution in [0.5, 0.6) is 0 Å². The predicted molar refractivity (Wildman–Crippen MR) is 76.4 cm³/mol. The van der Waals surface area contributed by atoms with Gasteiger partial charge in [0.1, 0.15) is 5.82 Å². The molecule has 0 aliphatic heterocycles. The molecule has 0 aromatic heterocycles. The highest BCUT2D eigenvalue weighted by Crippen LogP contribution is 2.14. The molecule has 4 heteroatoms. The van der Waals surface area contributed by atoms with Crippen LogP contribution in [0.3, 0.4) is 0 Å². The first-order valence-corrected chi connectivity index (χ1v) is 6.26. The zero-order valence-electron chi connectivity index (χ0n) is 9.82. The van der Waals surface area contributed by atoms with Gasteiger partial charge in [0, 0.05) is 4.47 Å². The highest BCUT2D eigenvalue weighted by atomic mass is 79.9. The maximum Gasteiger partial charge on any atom is 0.123 e. The molecule has 0 aliphatic rings. The van der Waals surface area contributed by atoms with Crippen LogP contribution >= 0.6 is 15.9 Å². The van der Waals surface area contributed by atoms with E-state index in [9.17, 15) is 4.39 Å². The first-order chi connectivity index (χ1) is 8.65. The van der Waals surface area contributed by atoms with E-state index in [4.69, 9.17) is 0 Å². The highest BCUT2D eigenvalue weighted by molar-refractivity contribution is 9.10. The molecule has 0 fully saturated rings. The van der Waals surface area contributed by atoms with Crippen molar-refractivity contribution < 1.29 is 4.39 Å². The van der Waals surface area contributed by atoms with Crippen LogP contribution in [0.15, 0.2) is 58.1 Å². The Kier molecular flexibility index (Phi) is 4.10. The SMILES string of the molecule is CC(=NNc1ccc(Br)cc1)c1ccc(F)cc1. The molecule has 1 N–H and O–H groups in total. The van der Waals surface area contributed by atoms with Gasteiger partial charge in [-0.2, -0.15) is 5.10 Å². The van der Waals surface area contributed by atoms with E-state index in [-0.39, 0.29) is 5.82 Å². The van der Waals surface area contributed by atoms with Gasteiger partial charge >= 0.3 is 0 Å². The summed E-state index contributed by atoms with van der Waals surface area (Å²) in [4.78, 5) is 0. The number of rotatable bonds is 3. The fourth-order valence-corrected chi connectivity index (χ4v) is 1.69. The third-order valence-corrected chi connectivity index (χ3v) is 2.99. The molecular formula is C14H12BrFN2. The molecule has 0 atom stereocenters. The quantitative estimate of drug-likeness (QED) is 0.658. The number of nitrogens with zero attached hydrogens (tertiary/aromatic N) is 1. The van der Waals surface area contributed by atoms with Crippen LogP contribution in [-0.4, -0.2) is 5.71 Å². The van der Waals surface area contributed by atoms with Crippen LogP contribution in [0, 0.1) is 5.82 Å². The third-order valence-electron chi connectivity index (χ3n) is 2.46. The molecule has 0 unspecified atom stereocenters. The fourth-order valence-electron chi connectivity index (χ4n) is 1.43. The van der Waals surface area contributed by atoms with Gasteiger partial charge in [0.2, 0.25) is 0 Å². The lowest BCUT2D eigenvalue weighted by molar-refractivity contribution is 0.628. The van der Waals surface area contributed by atoms with Crippen molar-refractivity contribution in [3.63, 3.8) is 0 Å². The van der Waals surface area contributed by atoms with Crippen LogP contribution in [0.4, 0.5) is 10.1 Å². The molecule has 0 spiro atoms. The molecule has 2 aromatic rings. The van der Waals surface area contributed by atoms with Gasteiger partial charge in [0.15, 0.2) is 0 Å². The molecule has 92 valence electrons. The van der Waals surface area contributed by atoms with Crippen molar-refractivity contribution in [3.8, 4) is 0 Å². The van der Waals surface area contributed by atoms with Crippen LogP contribution in [-0.2, 0) is 0 Å². The lowest BCUT2D eigenvalue weighted by Gasteiger charge is -2.03. The molecule has 2 nitrogen and oxygen atoms in total. The van der Waals surface area contributed by atoms with E-state index < -0.39 is 0 Å². The number of anilines is 1. The van der Waals surface area contributed by atoms with Gasteiger partial charge in [-0.25, -0.2) is 4.39 Å². The minimum absolute atomic E-state index is 0.243. The summed E-state index contributed by atoms with van der Waals surface area (Å²) in [6.45, 7) is 1.87. The number of nitrogens with one attached hydrogen (secondary N) is 1. The molecule has 0 bridgehead atoms. The standard InChI is InChI=1S/C14H12BrFN2/c1-10(11-2-6-13(16)7-3-11)17-18-14-8-4-12(15)5-9-14/h2-9,18H,1H3. The van der Waals surface area contributed by atoms with E-state index in [0.717, 1.165) is 21.4 Å². The second-order valence-corrected chi connectivity index (χ2v) is 4.74. The first-order valence-electron chi connectivity index (χ1n) is 5.47. The summed E-state index contributed by atoms with van der Waals surface area (Å²) in [5.41, 5.74) is 5.55. The number of hydrogen-bond acceptors (Lipinski definition) is 2. The van der Waals surface area contributed by atoms with Gasteiger partial charge in [0.25, 0.3) is 0 Å². The number of halogens is 2. The van der Waals surface area contributed by atoms with E-state index in [1.165, 1.54) is 12.1 Å². The molecular weight excluding hydrogens is 295 g/mol. The van der Waals surface area contributed by atoms with E-state index in [2.05, 4.69) is 26.5 Å². The van der Waals surface area contributed by atoms with Crippen molar-refractivity contribution >= 4 is 27.3 Å². The smallest absolute Gasteiger partial charge is 0.123 e. The van der Waals surface area contributed by atoms with Crippen LogP contribution in [0.2, 0.25) is 0 Å².